The van der Waals surface area contributed by atoms with Crippen molar-refractivity contribution < 1.29 is 0 Å². The first kappa shape index (κ1) is 10.5. The number of imidazole rings is 1. The Balaban J connectivity index is 1.86. The highest BCUT2D eigenvalue weighted by molar-refractivity contribution is 5.37. The average Bonchev–Trinajstić information content (AvgIpc) is 3.06. The number of nitrogens with zero attached hydrogens (tertiary/aromatic N) is 2. The van der Waals surface area contributed by atoms with Crippen LogP contribution in [0.15, 0.2) is 36.8 Å². The van der Waals surface area contributed by atoms with Gasteiger partial charge in [-0.15, -0.1) is 0 Å². The molecule has 1 aliphatic rings. The number of hydrogen-bond donors (Lipinski definition) is 1. The van der Waals surface area contributed by atoms with E-state index >= 15 is 0 Å². The van der Waals surface area contributed by atoms with Crippen molar-refractivity contribution in [1.29, 1.82) is 0 Å². The maximum Gasteiger partial charge on any atom is 0.0995 e. The second kappa shape index (κ2) is 4.00. The van der Waals surface area contributed by atoms with E-state index in [4.69, 9.17) is 5.73 Å². The van der Waals surface area contributed by atoms with Crippen molar-refractivity contribution in [3.8, 4) is 5.69 Å². The third kappa shape index (κ3) is 2.11. The Kier molecular flexibility index (Phi) is 2.48. The van der Waals surface area contributed by atoms with Crippen molar-refractivity contribution in [2.45, 2.75) is 31.7 Å². The summed E-state index contributed by atoms with van der Waals surface area (Å²) in [6.07, 6.45) is 6.51. The molecule has 17 heavy (non-hydrogen) atoms. The fourth-order valence-electron chi connectivity index (χ4n) is 2.05. The Bertz CT molecular complexity index is 507. The van der Waals surface area contributed by atoms with Gasteiger partial charge >= 0.3 is 0 Å². The lowest BCUT2D eigenvalue weighted by Gasteiger charge is -2.04. The molecule has 1 aromatic carbocycles. The fraction of sp³-hybridized carbons (Fsp3) is 0.357. The molecule has 0 amide bonds. The standard InChI is InChI=1S/C14H17N3/c1-10(15)14-8-17(9-16-14)13-6-4-12(5-7-13)11-2-3-11/h4-11H,2-3,15H2,1H3. The molecule has 0 aliphatic heterocycles. The molecule has 0 radical (unpaired) electrons. The molecule has 1 atom stereocenters. The van der Waals surface area contributed by atoms with E-state index in [1.807, 2.05) is 24.0 Å². The summed E-state index contributed by atoms with van der Waals surface area (Å²) in [6, 6.07) is 8.74. The molecular formula is C14H17N3. The minimum Gasteiger partial charge on any atom is -0.323 e. The summed E-state index contributed by atoms with van der Waals surface area (Å²) in [6.45, 7) is 1.95. The van der Waals surface area contributed by atoms with Gasteiger partial charge in [-0.1, -0.05) is 12.1 Å². The van der Waals surface area contributed by atoms with Crippen molar-refractivity contribution >= 4 is 0 Å². The Labute approximate surface area is 101 Å². The molecule has 0 spiro atoms. The van der Waals surface area contributed by atoms with E-state index in [1.165, 1.54) is 18.4 Å². The summed E-state index contributed by atoms with van der Waals surface area (Å²) in [5.74, 6) is 0.812. The van der Waals surface area contributed by atoms with E-state index < -0.39 is 0 Å². The first-order valence-electron chi connectivity index (χ1n) is 6.14. The highest BCUT2D eigenvalue weighted by Gasteiger charge is 2.22. The molecule has 1 fully saturated rings. The lowest BCUT2D eigenvalue weighted by atomic mass is 10.1. The van der Waals surface area contributed by atoms with Crippen LogP contribution >= 0.6 is 0 Å². The normalized spacial score (nSPS) is 17.1. The molecule has 1 aromatic heterocycles. The molecule has 1 aliphatic carbocycles. The zero-order valence-corrected chi connectivity index (χ0v) is 10.0. The second-order valence-corrected chi connectivity index (χ2v) is 4.86. The quantitative estimate of drug-likeness (QED) is 0.876. The van der Waals surface area contributed by atoms with Crippen LogP contribution in [0.3, 0.4) is 0 Å². The van der Waals surface area contributed by atoms with Gasteiger partial charge < -0.3 is 10.3 Å². The van der Waals surface area contributed by atoms with Gasteiger partial charge in [-0.05, 0) is 43.4 Å². The smallest absolute Gasteiger partial charge is 0.0995 e. The summed E-state index contributed by atoms with van der Waals surface area (Å²) in [7, 11) is 0. The zero-order valence-electron chi connectivity index (χ0n) is 10.0. The van der Waals surface area contributed by atoms with E-state index in [9.17, 15) is 0 Å². The Morgan fingerprint density at radius 2 is 2.00 bits per heavy atom. The van der Waals surface area contributed by atoms with Gasteiger partial charge in [0.2, 0.25) is 0 Å². The molecule has 2 N–H and O–H groups in total. The van der Waals surface area contributed by atoms with Crippen LogP contribution in [-0.2, 0) is 0 Å². The number of aromatic nitrogens is 2. The van der Waals surface area contributed by atoms with Crippen LogP contribution in [0.25, 0.3) is 5.69 Å². The van der Waals surface area contributed by atoms with Crippen molar-refractivity contribution in [3.05, 3.63) is 48.0 Å². The lowest BCUT2D eigenvalue weighted by molar-refractivity contribution is 0.788. The van der Waals surface area contributed by atoms with Gasteiger partial charge in [-0.25, -0.2) is 4.98 Å². The SMILES string of the molecule is CC(N)c1cn(-c2ccc(C3CC3)cc2)cn1. The first-order valence-corrected chi connectivity index (χ1v) is 6.14. The van der Waals surface area contributed by atoms with Gasteiger partial charge in [0, 0.05) is 17.9 Å². The summed E-state index contributed by atoms with van der Waals surface area (Å²) in [5.41, 5.74) is 9.34. The number of hydrogen-bond acceptors (Lipinski definition) is 2. The molecule has 1 unspecified atom stereocenters. The maximum atomic E-state index is 5.80. The minimum absolute atomic E-state index is 0.0120. The van der Waals surface area contributed by atoms with Crippen LogP contribution in [0, 0.1) is 0 Å². The fourth-order valence-corrected chi connectivity index (χ4v) is 2.05. The molecule has 3 rings (SSSR count). The van der Waals surface area contributed by atoms with E-state index in [0.29, 0.717) is 0 Å². The van der Waals surface area contributed by atoms with E-state index in [2.05, 4.69) is 29.2 Å². The molecule has 1 heterocycles. The Hall–Kier alpha value is -1.61. The van der Waals surface area contributed by atoms with Crippen LogP contribution in [0.5, 0.6) is 0 Å². The van der Waals surface area contributed by atoms with Gasteiger partial charge in [0.1, 0.15) is 0 Å². The largest absolute Gasteiger partial charge is 0.323 e. The first-order chi connectivity index (χ1) is 8.24. The van der Waals surface area contributed by atoms with Crippen LogP contribution < -0.4 is 5.73 Å². The molecule has 3 nitrogen and oxygen atoms in total. The number of benzene rings is 1. The third-order valence-electron chi connectivity index (χ3n) is 3.31. The highest BCUT2D eigenvalue weighted by atomic mass is 15.0. The van der Waals surface area contributed by atoms with Crippen molar-refractivity contribution in [1.82, 2.24) is 9.55 Å². The maximum absolute atomic E-state index is 5.80. The summed E-state index contributed by atoms with van der Waals surface area (Å²) in [5, 5.41) is 0. The predicted octanol–water partition coefficient (Wildman–Crippen LogP) is 2.77. The monoisotopic (exact) mass is 227 g/mol. The van der Waals surface area contributed by atoms with E-state index in [1.54, 1.807) is 0 Å². The molecule has 88 valence electrons. The van der Waals surface area contributed by atoms with Crippen LogP contribution in [-0.4, -0.2) is 9.55 Å². The summed E-state index contributed by atoms with van der Waals surface area (Å²) < 4.78 is 2.02. The van der Waals surface area contributed by atoms with Crippen LogP contribution in [0.1, 0.15) is 43.0 Å². The minimum atomic E-state index is -0.0120. The predicted molar refractivity (Wildman–Crippen MR) is 68.1 cm³/mol. The van der Waals surface area contributed by atoms with E-state index in [-0.39, 0.29) is 6.04 Å². The molecule has 2 aromatic rings. The van der Waals surface area contributed by atoms with Crippen molar-refractivity contribution in [2.24, 2.45) is 5.73 Å². The molecule has 0 bridgehead atoms. The van der Waals surface area contributed by atoms with Crippen molar-refractivity contribution in [2.75, 3.05) is 0 Å². The van der Waals surface area contributed by atoms with Gasteiger partial charge in [0.25, 0.3) is 0 Å². The van der Waals surface area contributed by atoms with Gasteiger partial charge in [-0.2, -0.15) is 0 Å². The third-order valence-corrected chi connectivity index (χ3v) is 3.31. The van der Waals surface area contributed by atoms with Crippen LogP contribution in [0.4, 0.5) is 0 Å². The Morgan fingerprint density at radius 1 is 1.29 bits per heavy atom. The number of nitrogens with two attached hydrogens (primary N) is 1. The molecule has 3 heteroatoms. The lowest BCUT2D eigenvalue weighted by Crippen LogP contribution is -2.04. The highest BCUT2D eigenvalue weighted by Crippen LogP contribution is 2.40. The summed E-state index contributed by atoms with van der Waals surface area (Å²) >= 11 is 0. The second-order valence-electron chi connectivity index (χ2n) is 4.86. The average molecular weight is 227 g/mol. The Morgan fingerprint density at radius 3 is 2.53 bits per heavy atom. The summed E-state index contributed by atoms with van der Waals surface area (Å²) in [4.78, 5) is 4.30. The molecular weight excluding hydrogens is 210 g/mol. The number of rotatable bonds is 3. The van der Waals surface area contributed by atoms with Gasteiger partial charge in [0.05, 0.1) is 12.0 Å². The molecule has 0 saturated heterocycles. The zero-order chi connectivity index (χ0) is 11.8. The van der Waals surface area contributed by atoms with Crippen LogP contribution in [0.2, 0.25) is 0 Å². The molecule has 1 saturated carbocycles. The van der Waals surface area contributed by atoms with Gasteiger partial charge in [-0.3, -0.25) is 0 Å². The van der Waals surface area contributed by atoms with Gasteiger partial charge in [0.15, 0.2) is 0 Å². The van der Waals surface area contributed by atoms with Crippen molar-refractivity contribution in [3.63, 3.8) is 0 Å². The van der Waals surface area contributed by atoms with E-state index in [0.717, 1.165) is 17.3 Å². The topological polar surface area (TPSA) is 43.8 Å².